The van der Waals surface area contributed by atoms with Gasteiger partial charge in [0.25, 0.3) is 0 Å². The quantitative estimate of drug-likeness (QED) is 0.232. The molecule has 0 heterocycles. The maximum atomic E-state index is 10.6. The molecule has 1 N–H and O–H groups in total. The minimum Gasteiger partial charge on any atom is -0.392 e. The van der Waals surface area contributed by atoms with E-state index >= 15 is 0 Å². The van der Waals surface area contributed by atoms with Crippen molar-refractivity contribution in [1.29, 1.82) is 0 Å². The predicted octanol–water partition coefficient (Wildman–Crippen LogP) is 5.04. The Bertz CT molecular complexity index is 756. The highest BCUT2D eigenvalue weighted by Gasteiger charge is 2.61. The van der Waals surface area contributed by atoms with Crippen molar-refractivity contribution >= 4 is 25.3 Å². The van der Waals surface area contributed by atoms with Gasteiger partial charge in [-0.25, -0.2) is 0 Å². The van der Waals surface area contributed by atoms with Gasteiger partial charge in [0.1, 0.15) is 0 Å². The molecule has 200 valence electrons. The van der Waals surface area contributed by atoms with Crippen molar-refractivity contribution in [3.63, 3.8) is 0 Å². The molecule has 5 nitrogen and oxygen atoms in total. The standard InChI is InChI=1S/C28H46O5S2/c1-20(2)9-12-30-13-14-31-15-16-32-17-18-33-22-3-4-23-21(19-22)7-10-27(34)24(23)8-11-28(35)25(27)5-6-26(28)29/h4,19-20,22,24-26,29,34-35H,3,5-18H2,1-2H3. The molecule has 0 aliphatic heterocycles. The van der Waals surface area contributed by atoms with Gasteiger partial charge < -0.3 is 24.1 Å². The number of ether oxygens (including phenoxy) is 4. The van der Waals surface area contributed by atoms with E-state index in [1.807, 2.05) is 0 Å². The van der Waals surface area contributed by atoms with Crippen LogP contribution in [0.5, 0.6) is 0 Å². The van der Waals surface area contributed by atoms with Crippen LogP contribution in [0.15, 0.2) is 23.3 Å². The number of aliphatic hydroxyl groups is 1. The van der Waals surface area contributed by atoms with Crippen LogP contribution in [0.25, 0.3) is 0 Å². The Labute approximate surface area is 223 Å². The van der Waals surface area contributed by atoms with Crippen molar-refractivity contribution in [2.75, 3.05) is 46.2 Å². The molecule has 3 fully saturated rings. The monoisotopic (exact) mass is 526 g/mol. The Morgan fingerprint density at radius 1 is 0.914 bits per heavy atom. The van der Waals surface area contributed by atoms with Gasteiger partial charge in [-0.3, -0.25) is 0 Å². The lowest BCUT2D eigenvalue weighted by Gasteiger charge is -2.56. The summed E-state index contributed by atoms with van der Waals surface area (Å²) in [6, 6.07) is 0. The van der Waals surface area contributed by atoms with Crippen LogP contribution in [0.3, 0.4) is 0 Å². The number of fused-ring (bicyclic) bond motifs is 5. The molecule has 4 aliphatic rings. The summed E-state index contributed by atoms with van der Waals surface area (Å²) in [5.74, 6) is 1.52. The molecule has 0 aromatic rings. The van der Waals surface area contributed by atoms with Crippen LogP contribution >= 0.6 is 25.3 Å². The van der Waals surface area contributed by atoms with Crippen LogP contribution < -0.4 is 0 Å². The van der Waals surface area contributed by atoms with Crippen molar-refractivity contribution in [2.45, 2.75) is 86.9 Å². The fourth-order valence-corrected chi connectivity index (χ4v) is 8.11. The molecule has 3 saturated carbocycles. The summed E-state index contributed by atoms with van der Waals surface area (Å²) in [5, 5.41) is 10.6. The normalized spacial score (nSPS) is 36.4. The van der Waals surface area contributed by atoms with E-state index in [0.717, 1.165) is 58.0 Å². The van der Waals surface area contributed by atoms with E-state index in [-0.39, 0.29) is 21.7 Å². The molecule has 0 radical (unpaired) electrons. The molecule has 4 rings (SSSR count). The molecule has 6 atom stereocenters. The second kappa shape index (κ2) is 12.7. The van der Waals surface area contributed by atoms with Crippen molar-refractivity contribution in [3.05, 3.63) is 23.3 Å². The van der Waals surface area contributed by atoms with Gasteiger partial charge in [0.15, 0.2) is 0 Å². The van der Waals surface area contributed by atoms with Crippen LogP contribution in [0, 0.1) is 17.8 Å². The highest BCUT2D eigenvalue weighted by atomic mass is 32.1. The van der Waals surface area contributed by atoms with E-state index in [1.165, 1.54) is 11.1 Å². The van der Waals surface area contributed by atoms with Crippen LogP contribution in [-0.4, -0.2) is 73.1 Å². The maximum Gasteiger partial charge on any atom is 0.0797 e. The number of allylic oxidation sites excluding steroid dienone is 2. The summed E-state index contributed by atoms with van der Waals surface area (Å²) in [5.41, 5.74) is 2.94. The third-order valence-corrected chi connectivity index (χ3v) is 10.3. The van der Waals surface area contributed by atoms with E-state index in [1.54, 1.807) is 0 Å². The third-order valence-electron chi connectivity index (χ3n) is 8.59. The van der Waals surface area contributed by atoms with Crippen molar-refractivity contribution in [1.82, 2.24) is 0 Å². The summed E-state index contributed by atoms with van der Waals surface area (Å²) in [6.07, 6.45) is 12.6. The molecule has 7 heteroatoms. The van der Waals surface area contributed by atoms with Crippen molar-refractivity contribution in [3.8, 4) is 0 Å². The topological polar surface area (TPSA) is 57.2 Å². The molecule has 6 unspecified atom stereocenters. The minimum atomic E-state index is -0.293. The lowest BCUT2D eigenvalue weighted by Crippen LogP contribution is -2.57. The molecule has 4 aliphatic carbocycles. The zero-order valence-electron chi connectivity index (χ0n) is 21.6. The van der Waals surface area contributed by atoms with Gasteiger partial charge in [-0.2, -0.15) is 25.3 Å². The first-order valence-corrected chi connectivity index (χ1v) is 14.6. The van der Waals surface area contributed by atoms with Gasteiger partial charge in [0, 0.05) is 16.1 Å². The second-order valence-electron chi connectivity index (χ2n) is 11.2. The third kappa shape index (κ3) is 6.52. The van der Waals surface area contributed by atoms with Gasteiger partial charge in [-0.1, -0.05) is 26.0 Å². The maximum absolute atomic E-state index is 10.6. The molecule has 0 saturated heterocycles. The highest BCUT2D eigenvalue weighted by Crippen LogP contribution is 2.63. The number of aliphatic hydroxyl groups excluding tert-OH is 1. The number of hydrogen-bond donors (Lipinski definition) is 3. The molecule has 35 heavy (non-hydrogen) atoms. The fraction of sp³-hybridized carbons (Fsp3) is 0.857. The summed E-state index contributed by atoms with van der Waals surface area (Å²) >= 11 is 10.3. The predicted molar refractivity (Wildman–Crippen MR) is 147 cm³/mol. The van der Waals surface area contributed by atoms with Gasteiger partial charge in [0.05, 0.1) is 51.8 Å². The van der Waals surface area contributed by atoms with E-state index in [0.29, 0.717) is 57.4 Å². The molecule has 0 aromatic carbocycles. The van der Waals surface area contributed by atoms with Crippen LogP contribution in [-0.2, 0) is 18.9 Å². The zero-order valence-corrected chi connectivity index (χ0v) is 23.4. The Kier molecular flexibility index (Phi) is 10.1. The van der Waals surface area contributed by atoms with E-state index in [9.17, 15) is 5.11 Å². The van der Waals surface area contributed by atoms with E-state index in [4.69, 9.17) is 44.2 Å². The molecule has 0 amide bonds. The smallest absolute Gasteiger partial charge is 0.0797 e. The van der Waals surface area contributed by atoms with Crippen molar-refractivity contribution < 1.29 is 24.1 Å². The Morgan fingerprint density at radius 3 is 2.31 bits per heavy atom. The minimum absolute atomic E-state index is 0.0511. The molecular formula is C28H46O5S2. The first-order chi connectivity index (χ1) is 16.8. The molecule has 0 aromatic heterocycles. The summed E-state index contributed by atoms with van der Waals surface area (Å²) in [7, 11) is 0. The largest absolute Gasteiger partial charge is 0.392 e. The van der Waals surface area contributed by atoms with Gasteiger partial charge in [-0.05, 0) is 80.3 Å². The van der Waals surface area contributed by atoms with Crippen LogP contribution in [0.4, 0.5) is 0 Å². The van der Waals surface area contributed by atoms with Crippen molar-refractivity contribution in [2.24, 2.45) is 17.8 Å². The number of rotatable bonds is 13. The second-order valence-corrected chi connectivity index (χ2v) is 12.9. The number of hydrogen-bond acceptors (Lipinski definition) is 7. The lowest BCUT2D eigenvalue weighted by atomic mass is 9.58. The average molecular weight is 527 g/mol. The van der Waals surface area contributed by atoms with E-state index in [2.05, 4.69) is 26.0 Å². The van der Waals surface area contributed by atoms with Crippen LogP contribution in [0.2, 0.25) is 0 Å². The summed E-state index contributed by atoms with van der Waals surface area (Å²) in [4.78, 5) is 0. The first-order valence-electron chi connectivity index (χ1n) is 13.7. The van der Waals surface area contributed by atoms with E-state index < -0.39 is 0 Å². The van der Waals surface area contributed by atoms with Gasteiger partial charge >= 0.3 is 0 Å². The fourth-order valence-electron chi connectivity index (χ4n) is 6.65. The van der Waals surface area contributed by atoms with Gasteiger partial charge in [0.2, 0.25) is 0 Å². The Hall–Kier alpha value is -0.0200. The first kappa shape index (κ1) is 28.0. The Morgan fingerprint density at radius 2 is 1.60 bits per heavy atom. The summed E-state index contributed by atoms with van der Waals surface area (Å²) in [6.45, 7) is 8.83. The number of thiol groups is 2. The molecule has 0 spiro atoms. The SMILES string of the molecule is CC(C)CCOCCOCCOCCOC1C=C2CCC3(S)C(CCC4(S)C(O)CCC43)C2=CC1. The van der Waals surface area contributed by atoms with Crippen LogP contribution in [0.1, 0.15) is 65.2 Å². The zero-order chi connectivity index (χ0) is 24.9. The molecule has 0 bridgehead atoms. The average Bonchev–Trinajstić information content (AvgIpc) is 3.14. The Balaban J connectivity index is 1.12. The van der Waals surface area contributed by atoms with Gasteiger partial charge in [-0.15, -0.1) is 0 Å². The molecular weight excluding hydrogens is 480 g/mol. The summed E-state index contributed by atoms with van der Waals surface area (Å²) < 4.78 is 22.6. The highest BCUT2D eigenvalue weighted by molar-refractivity contribution is 7.83. The lowest BCUT2D eigenvalue weighted by molar-refractivity contribution is -0.0108.